The molecule has 0 heterocycles. The first-order valence-electron chi connectivity index (χ1n) is 8.35. The van der Waals surface area contributed by atoms with E-state index in [1.807, 2.05) is 31.2 Å². The van der Waals surface area contributed by atoms with Crippen LogP contribution in [0.15, 0.2) is 48.5 Å². The largest absolute Gasteiger partial charge is 0.497 e. The lowest BCUT2D eigenvalue weighted by molar-refractivity contribution is -0.133. The molecule has 1 N–H and O–H groups in total. The van der Waals surface area contributed by atoms with Crippen molar-refractivity contribution in [2.45, 2.75) is 13.3 Å². The number of benzene rings is 2. The third-order valence-electron chi connectivity index (χ3n) is 3.79. The zero-order chi connectivity index (χ0) is 18.9. The van der Waals surface area contributed by atoms with E-state index < -0.39 is 0 Å². The number of nitrogens with one attached hydrogen (secondary N) is 1. The van der Waals surface area contributed by atoms with Gasteiger partial charge in [-0.3, -0.25) is 9.59 Å². The van der Waals surface area contributed by atoms with Crippen molar-refractivity contribution in [1.82, 2.24) is 4.90 Å². The van der Waals surface area contributed by atoms with Crippen LogP contribution in [0.1, 0.15) is 12.0 Å². The third kappa shape index (κ3) is 6.12. The predicted molar refractivity (Wildman–Crippen MR) is 101 cm³/mol. The van der Waals surface area contributed by atoms with Gasteiger partial charge in [0.1, 0.15) is 11.5 Å². The quantitative estimate of drug-likeness (QED) is 0.790. The summed E-state index contributed by atoms with van der Waals surface area (Å²) in [7, 11) is 3.18. The number of hydrogen-bond donors (Lipinski definition) is 1. The maximum Gasteiger partial charge on any atom is 0.243 e. The highest BCUT2D eigenvalue weighted by Gasteiger charge is 2.13. The highest BCUT2D eigenvalue weighted by molar-refractivity contribution is 5.94. The third-order valence-corrected chi connectivity index (χ3v) is 3.79. The highest BCUT2D eigenvalue weighted by Crippen LogP contribution is 2.15. The summed E-state index contributed by atoms with van der Waals surface area (Å²) in [6.07, 6.45) is 0.209. The molecule has 2 amide bonds. The van der Waals surface area contributed by atoms with Crippen molar-refractivity contribution in [3.8, 4) is 11.5 Å². The van der Waals surface area contributed by atoms with E-state index in [-0.39, 0.29) is 31.4 Å². The molecule has 0 saturated heterocycles. The highest BCUT2D eigenvalue weighted by atomic mass is 16.5. The number of likely N-dealkylation sites (N-methyl/N-ethyl adjacent to an activating group) is 1. The summed E-state index contributed by atoms with van der Waals surface area (Å²) >= 11 is 0. The van der Waals surface area contributed by atoms with Crippen molar-refractivity contribution in [2.75, 3.05) is 32.6 Å². The van der Waals surface area contributed by atoms with E-state index in [0.717, 1.165) is 11.3 Å². The average Bonchev–Trinajstić information content (AvgIpc) is 2.63. The Morgan fingerprint density at radius 1 is 1.00 bits per heavy atom. The van der Waals surface area contributed by atoms with Gasteiger partial charge in [0, 0.05) is 12.7 Å². The number of rotatable bonds is 8. The Bertz CT molecular complexity index is 726. The second kappa shape index (κ2) is 9.46. The molecule has 0 spiro atoms. The molecule has 0 aliphatic heterocycles. The van der Waals surface area contributed by atoms with E-state index in [2.05, 4.69) is 5.32 Å². The number of anilines is 1. The second-order valence-corrected chi connectivity index (χ2v) is 5.94. The van der Waals surface area contributed by atoms with Gasteiger partial charge in [0.2, 0.25) is 11.8 Å². The van der Waals surface area contributed by atoms with E-state index in [9.17, 15) is 9.59 Å². The minimum atomic E-state index is -0.259. The molecule has 6 heteroatoms. The number of carbonyl (C=O) groups is 2. The van der Waals surface area contributed by atoms with Crippen LogP contribution < -0.4 is 14.8 Å². The van der Waals surface area contributed by atoms with E-state index in [1.54, 1.807) is 38.4 Å². The molecular formula is C20H24N2O4. The van der Waals surface area contributed by atoms with Crippen LogP contribution in [-0.2, 0) is 9.59 Å². The number of aryl methyl sites for hydroxylation is 1. The normalized spacial score (nSPS) is 10.1. The molecule has 2 aromatic carbocycles. The number of nitrogens with zero attached hydrogens (tertiary/aromatic N) is 1. The number of ether oxygens (including phenoxy) is 2. The second-order valence-electron chi connectivity index (χ2n) is 5.94. The maximum atomic E-state index is 12.1. The van der Waals surface area contributed by atoms with Crippen LogP contribution in [0.3, 0.4) is 0 Å². The minimum Gasteiger partial charge on any atom is -0.497 e. The molecule has 0 aliphatic carbocycles. The van der Waals surface area contributed by atoms with Crippen molar-refractivity contribution in [3.63, 3.8) is 0 Å². The van der Waals surface area contributed by atoms with E-state index in [0.29, 0.717) is 11.4 Å². The Morgan fingerprint density at radius 2 is 1.62 bits per heavy atom. The van der Waals surface area contributed by atoms with Crippen molar-refractivity contribution < 1.29 is 19.1 Å². The maximum absolute atomic E-state index is 12.1. The fraction of sp³-hybridized carbons (Fsp3) is 0.300. The van der Waals surface area contributed by atoms with E-state index >= 15 is 0 Å². The van der Waals surface area contributed by atoms with Gasteiger partial charge in [-0.25, -0.2) is 0 Å². The van der Waals surface area contributed by atoms with Crippen LogP contribution >= 0.6 is 0 Å². The molecule has 0 radical (unpaired) electrons. The summed E-state index contributed by atoms with van der Waals surface area (Å²) in [6, 6.07) is 14.6. The lowest BCUT2D eigenvalue weighted by Gasteiger charge is -2.17. The molecule has 26 heavy (non-hydrogen) atoms. The van der Waals surface area contributed by atoms with Crippen molar-refractivity contribution in [1.29, 1.82) is 0 Å². The van der Waals surface area contributed by atoms with E-state index in [1.165, 1.54) is 4.90 Å². The molecule has 0 saturated carbocycles. The van der Waals surface area contributed by atoms with Crippen LogP contribution in [0, 0.1) is 6.92 Å². The monoisotopic (exact) mass is 356 g/mol. The fourth-order valence-corrected chi connectivity index (χ4v) is 2.26. The summed E-state index contributed by atoms with van der Waals surface area (Å²) < 4.78 is 10.6. The Kier molecular flexibility index (Phi) is 7.02. The SMILES string of the molecule is COc1ccc(NC(=O)CN(C)C(=O)CCOc2ccc(C)cc2)cc1. The molecule has 0 fully saturated rings. The zero-order valence-electron chi connectivity index (χ0n) is 15.3. The smallest absolute Gasteiger partial charge is 0.243 e. The summed E-state index contributed by atoms with van der Waals surface area (Å²) in [5.41, 5.74) is 1.80. The molecule has 0 bridgehead atoms. The molecular weight excluding hydrogens is 332 g/mol. The first-order valence-corrected chi connectivity index (χ1v) is 8.35. The molecule has 2 aromatic rings. The molecule has 6 nitrogen and oxygen atoms in total. The topological polar surface area (TPSA) is 67.9 Å². The lowest BCUT2D eigenvalue weighted by Crippen LogP contribution is -2.35. The van der Waals surface area contributed by atoms with Gasteiger partial charge in [-0.2, -0.15) is 0 Å². The molecule has 0 unspecified atom stereocenters. The van der Waals surface area contributed by atoms with Crippen LogP contribution in [0.25, 0.3) is 0 Å². The molecule has 2 rings (SSSR count). The zero-order valence-corrected chi connectivity index (χ0v) is 15.3. The Labute approximate surface area is 153 Å². The molecule has 0 atom stereocenters. The van der Waals surface area contributed by atoms with Gasteiger partial charge in [-0.1, -0.05) is 17.7 Å². The summed E-state index contributed by atoms with van der Waals surface area (Å²) in [4.78, 5) is 25.5. The van der Waals surface area contributed by atoms with E-state index in [4.69, 9.17) is 9.47 Å². The van der Waals surface area contributed by atoms with Crippen molar-refractivity contribution >= 4 is 17.5 Å². The van der Waals surface area contributed by atoms with Gasteiger partial charge in [-0.15, -0.1) is 0 Å². The molecule has 0 aliphatic rings. The summed E-state index contributed by atoms with van der Waals surface area (Å²) in [5, 5.41) is 2.75. The minimum absolute atomic E-state index is 0.0185. The van der Waals surface area contributed by atoms with Crippen LogP contribution in [0.5, 0.6) is 11.5 Å². The summed E-state index contributed by atoms with van der Waals surface area (Å²) in [6.45, 7) is 2.25. The first-order chi connectivity index (χ1) is 12.5. The molecule has 138 valence electrons. The van der Waals surface area contributed by atoms with Gasteiger partial charge < -0.3 is 19.7 Å². The number of hydrogen-bond acceptors (Lipinski definition) is 4. The Hall–Kier alpha value is -3.02. The van der Waals surface area contributed by atoms with Gasteiger partial charge in [0.25, 0.3) is 0 Å². The standard InChI is InChI=1S/C20H24N2O4/c1-15-4-8-18(9-5-15)26-13-12-20(24)22(2)14-19(23)21-16-6-10-17(25-3)11-7-16/h4-11H,12-14H2,1-3H3,(H,21,23). The van der Waals surface area contributed by atoms with Crippen LogP contribution in [0.4, 0.5) is 5.69 Å². The van der Waals surface area contributed by atoms with Gasteiger partial charge in [0.05, 0.1) is 26.7 Å². The first kappa shape index (κ1) is 19.3. The Balaban J connectivity index is 1.72. The predicted octanol–water partition coefficient (Wildman–Crippen LogP) is 2.87. The summed E-state index contributed by atoms with van der Waals surface area (Å²) in [5.74, 6) is 1.03. The van der Waals surface area contributed by atoms with Crippen molar-refractivity contribution in [3.05, 3.63) is 54.1 Å². The van der Waals surface area contributed by atoms with Gasteiger partial charge >= 0.3 is 0 Å². The average molecular weight is 356 g/mol. The lowest BCUT2D eigenvalue weighted by atomic mass is 10.2. The van der Waals surface area contributed by atoms with Crippen LogP contribution in [-0.4, -0.2) is 44.0 Å². The Morgan fingerprint density at radius 3 is 2.23 bits per heavy atom. The number of carbonyl (C=O) groups excluding carboxylic acids is 2. The van der Waals surface area contributed by atoms with Crippen LogP contribution in [0.2, 0.25) is 0 Å². The fourth-order valence-electron chi connectivity index (χ4n) is 2.26. The molecule has 0 aromatic heterocycles. The van der Waals surface area contributed by atoms with Crippen molar-refractivity contribution in [2.24, 2.45) is 0 Å². The number of methoxy groups -OCH3 is 1. The van der Waals surface area contributed by atoms with Gasteiger partial charge in [-0.05, 0) is 43.3 Å². The van der Waals surface area contributed by atoms with Gasteiger partial charge in [0.15, 0.2) is 0 Å². The number of amides is 2.